The summed E-state index contributed by atoms with van der Waals surface area (Å²) in [5.74, 6) is -1.37. The number of hydrogen-bond donors (Lipinski definition) is 3. The lowest BCUT2D eigenvalue weighted by molar-refractivity contribution is -0.140. The van der Waals surface area contributed by atoms with Gasteiger partial charge in [0, 0.05) is 12.5 Å². The first kappa shape index (κ1) is 23.4. The number of nitrogens with one attached hydrogen (secondary N) is 2. The van der Waals surface area contributed by atoms with Gasteiger partial charge in [-0.2, -0.15) is 0 Å². The number of carboxylic acids is 1. The molecular formula is C27H30N2O6. The molecule has 1 heterocycles. The SMILES string of the molecule is O=C(O)CC1(NC(=O)C2OCCC2NC(=O)OCC2c3ccccc3-c3ccccc32)CCCC1. The summed E-state index contributed by atoms with van der Waals surface area (Å²) in [7, 11) is 0. The molecule has 0 bridgehead atoms. The molecule has 1 aliphatic heterocycles. The third-order valence-electron chi connectivity index (χ3n) is 7.44. The monoisotopic (exact) mass is 478 g/mol. The minimum atomic E-state index is -0.937. The molecule has 2 atom stereocenters. The molecule has 2 aliphatic carbocycles. The predicted octanol–water partition coefficient (Wildman–Crippen LogP) is 3.59. The number of carbonyl (C=O) groups is 3. The van der Waals surface area contributed by atoms with Crippen LogP contribution in [-0.4, -0.2) is 54.0 Å². The summed E-state index contributed by atoms with van der Waals surface area (Å²) < 4.78 is 11.3. The molecule has 0 aromatic heterocycles. The highest BCUT2D eigenvalue weighted by atomic mass is 16.6. The molecule has 2 amide bonds. The smallest absolute Gasteiger partial charge is 0.407 e. The van der Waals surface area contributed by atoms with Gasteiger partial charge < -0.3 is 25.2 Å². The first-order valence-corrected chi connectivity index (χ1v) is 12.2. The first-order valence-electron chi connectivity index (χ1n) is 12.2. The number of alkyl carbamates (subject to hydrolysis) is 1. The lowest BCUT2D eigenvalue weighted by atomic mass is 9.92. The number of ether oxygens (including phenoxy) is 2. The van der Waals surface area contributed by atoms with E-state index in [0.29, 0.717) is 25.9 Å². The molecule has 2 unspecified atom stereocenters. The van der Waals surface area contributed by atoms with Gasteiger partial charge >= 0.3 is 12.1 Å². The van der Waals surface area contributed by atoms with Crippen LogP contribution in [0.2, 0.25) is 0 Å². The molecule has 5 rings (SSSR count). The van der Waals surface area contributed by atoms with E-state index in [-0.39, 0.29) is 24.9 Å². The van der Waals surface area contributed by atoms with Crippen molar-refractivity contribution in [2.24, 2.45) is 0 Å². The van der Waals surface area contributed by atoms with Gasteiger partial charge in [-0.05, 0) is 41.5 Å². The number of fused-ring (bicyclic) bond motifs is 3. The highest BCUT2D eigenvalue weighted by Crippen LogP contribution is 2.44. The summed E-state index contributed by atoms with van der Waals surface area (Å²) in [6.07, 6.45) is 1.90. The van der Waals surface area contributed by atoms with Crippen molar-refractivity contribution < 1.29 is 29.0 Å². The number of rotatable bonds is 7. The van der Waals surface area contributed by atoms with Crippen LogP contribution in [0.15, 0.2) is 48.5 Å². The molecule has 184 valence electrons. The Kier molecular flexibility index (Phi) is 6.47. The maximum absolute atomic E-state index is 13.0. The number of aliphatic carboxylic acids is 1. The number of benzene rings is 2. The second kappa shape index (κ2) is 9.70. The lowest BCUT2D eigenvalue weighted by Crippen LogP contribution is -2.55. The minimum absolute atomic E-state index is 0.0506. The van der Waals surface area contributed by atoms with Crippen molar-refractivity contribution in [2.75, 3.05) is 13.2 Å². The maximum Gasteiger partial charge on any atom is 0.407 e. The molecule has 8 heteroatoms. The largest absolute Gasteiger partial charge is 0.481 e. The summed E-state index contributed by atoms with van der Waals surface area (Å²) in [5, 5.41) is 15.0. The second-order valence-electron chi connectivity index (χ2n) is 9.70. The van der Waals surface area contributed by atoms with E-state index in [0.717, 1.165) is 35.1 Å². The van der Waals surface area contributed by atoms with Crippen LogP contribution < -0.4 is 10.6 Å². The molecule has 1 saturated heterocycles. The molecule has 2 aromatic rings. The quantitative estimate of drug-likeness (QED) is 0.561. The number of carboxylic acid groups (broad SMARTS) is 1. The first-order chi connectivity index (χ1) is 17.0. The van der Waals surface area contributed by atoms with E-state index in [2.05, 4.69) is 34.9 Å². The van der Waals surface area contributed by atoms with Crippen molar-refractivity contribution in [1.82, 2.24) is 10.6 Å². The molecule has 8 nitrogen and oxygen atoms in total. The fourth-order valence-corrected chi connectivity index (χ4v) is 5.81. The maximum atomic E-state index is 13.0. The second-order valence-corrected chi connectivity index (χ2v) is 9.70. The Bertz CT molecular complexity index is 1080. The van der Waals surface area contributed by atoms with Crippen molar-refractivity contribution in [3.8, 4) is 11.1 Å². The Balaban J connectivity index is 1.20. The Hall–Kier alpha value is -3.39. The Morgan fingerprint density at radius 2 is 1.63 bits per heavy atom. The van der Waals surface area contributed by atoms with Crippen molar-refractivity contribution in [2.45, 2.75) is 62.1 Å². The average molecular weight is 479 g/mol. The minimum Gasteiger partial charge on any atom is -0.481 e. The Morgan fingerprint density at radius 1 is 1.00 bits per heavy atom. The molecule has 2 aromatic carbocycles. The van der Waals surface area contributed by atoms with Crippen molar-refractivity contribution in [3.05, 3.63) is 59.7 Å². The Morgan fingerprint density at radius 3 is 2.26 bits per heavy atom. The number of hydrogen-bond acceptors (Lipinski definition) is 5. The highest BCUT2D eigenvalue weighted by Gasteiger charge is 2.42. The molecule has 3 aliphatic rings. The normalized spacial score (nSPS) is 22.3. The molecular weight excluding hydrogens is 448 g/mol. The van der Waals surface area contributed by atoms with Crippen LogP contribution in [0.4, 0.5) is 4.79 Å². The van der Waals surface area contributed by atoms with Crippen molar-refractivity contribution in [3.63, 3.8) is 0 Å². The summed E-state index contributed by atoms with van der Waals surface area (Å²) in [6.45, 7) is 0.518. The zero-order chi connectivity index (χ0) is 24.4. The number of carbonyl (C=O) groups excluding carboxylic acids is 2. The topological polar surface area (TPSA) is 114 Å². The fourth-order valence-electron chi connectivity index (χ4n) is 5.81. The van der Waals surface area contributed by atoms with E-state index in [4.69, 9.17) is 9.47 Å². The zero-order valence-electron chi connectivity index (χ0n) is 19.5. The summed E-state index contributed by atoms with van der Waals surface area (Å²) in [4.78, 5) is 37.1. The van der Waals surface area contributed by atoms with Crippen LogP contribution >= 0.6 is 0 Å². The molecule has 0 spiro atoms. The standard InChI is InChI=1S/C27H30N2O6/c30-23(31)15-27(12-5-6-13-27)29-25(32)24-22(11-14-34-24)28-26(33)35-16-21-19-9-3-1-7-17(19)18-8-2-4-10-20(18)21/h1-4,7-10,21-22,24H,5-6,11-16H2,(H,28,33)(H,29,32)(H,30,31). The highest BCUT2D eigenvalue weighted by molar-refractivity contribution is 5.84. The van der Waals surface area contributed by atoms with E-state index in [1.54, 1.807) is 0 Å². The van der Waals surface area contributed by atoms with Gasteiger partial charge in [-0.3, -0.25) is 9.59 Å². The van der Waals surface area contributed by atoms with Crippen molar-refractivity contribution in [1.29, 1.82) is 0 Å². The van der Waals surface area contributed by atoms with Gasteiger partial charge in [0.15, 0.2) is 6.10 Å². The van der Waals surface area contributed by atoms with Crippen LogP contribution in [0.25, 0.3) is 11.1 Å². The summed E-state index contributed by atoms with van der Waals surface area (Å²) in [5.41, 5.74) is 3.82. The molecule has 1 saturated carbocycles. The fraction of sp³-hybridized carbons (Fsp3) is 0.444. The van der Waals surface area contributed by atoms with E-state index >= 15 is 0 Å². The molecule has 3 N–H and O–H groups in total. The number of amides is 2. The lowest BCUT2D eigenvalue weighted by Gasteiger charge is -2.31. The van der Waals surface area contributed by atoms with Gasteiger partial charge in [-0.1, -0.05) is 61.4 Å². The van der Waals surface area contributed by atoms with Gasteiger partial charge in [0.2, 0.25) is 0 Å². The van der Waals surface area contributed by atoms with Gasteiger partial charge in [0.1, 0.15) is 6.61 Å². The molecule has 0 radical (unpaired) electrons. The predicted molar refractivity (Wildman–Crippen MR) is 128 cm³/mol. The summed E-state index contributed by atoms with van der Waals surface area (Å²) >= 11 is 0. The average Bonchev–Trinajstić information content (AvgIpc) is 3.55. The van der Waals surface area contributed by atoms with Crippen LogP contribution in [0.1, 0.15) is 55.6 Å². The van der Waals surface area contributed by atoms with Crippen LogP contribution in [-0.2, 0) is 19.1 Å². The van der Waals surface area contributed by atoms with E-state index < -0.39 is 29.7 Å². The molecule has 2 fully saturated rings. The Labute approximate surface area is 204 Å². The van der Waals surface area contributed by atoms with Crippen LogP contribution in [0.5, 0.6) is 0 Å². The van der Waals surface area contributed by atoms with E-state index in [9.17, 15) is 19.5 Å². The van der Waals surface area contributed by atoms with Gasteiger partial charge in [-0.15, -0.1) is 0 Å². The van der Waals surface area contributed by atoms with E-state index in [1.165, 1.54) is 0 Å². The van der Waals surface area contributed by atoms with Gasteiger partial charge in [0.25, 0.3) is 5.91 Å². The summed E-state index contributed by atoms with van der Waals surface area (Å²) in [6, 6.07) is 15.7. The van der Waals surface area contributed by atoms with Gasteiger partial charge in [0.05, 0.1) is 18.0 Å². The van der Waals surface area contributed by atoms with Crippen LogP contribution in [0, 0.1) is 0 Å². The zero-order valence-corrected chi connectivity index (χ0v) is 19.5. The van der Waals surface area contributed by atoms with E-state index in [1.807, 2.05) is 24.3 Å². The van der Waals surface area contributed by atoms with Gasteiger partial charge in [-0.25, -0.2) is 4.79 Å². The molecule has 35 heavy (non-hydrogen) atoms. The van der Waals surface area contributed by atoms with Crippen LogP contribution in [0.3, 0.4) is 0 Å². The van der Waals surface area contributed by atoms with Crippen molar-refractivity contribution >= 4 is 18.0 Å². The third kappa shape index (κ3) is 4.75. The third-order valence-corrected chi connectivity index (χ3v) is 7.44.